The van der Waals surface area contributed by atoms with Crippen molar-refractivity contribution in [3.63, 3.8) is 0 Å². The highest BCUT2D eigenvalue weighted by molar-refractivity contribution is 7.87. The van der Waals surface area contributed by atoms with Gasteiger partial charge in [0.05, 0.1) is 18.3 Å². The highest BCUT2D eigenvalue weighted by Crippen LogP contribution is 2.23. The van der Waals surface area contributed by atoms with Gasteiger partial charge in [-0.15, -0.1) is 0 Å². The Morgan fingerprint density at radius 1 is 1.14 bits per heavy atom. The number of nitrogens with zero attached hydrogens (tertiary/aromatic N) is 1. The van der Waals surface area contributed by atoms with E-state index in [9.17, 15) is 31.5 Å². The average Bonchev–Trinajstić information content (AvgIpc) is 2.69. The normalized spacial score (nSPS) is 13.9. The highest BCUT2D eigenvalue weighted by atomic mass is 32.2. The van der Waals surface area contributed by atoms with Crippen LogP contribution in [0.5, 0.6) is 0 Å². The zero-order valence-electron chi connectivity index (χ0n) is 14.9. The Morgan fingerprint density at radius 3 is 2.24 bits per heavy atom. The van der Waals surface area contributed by atoms with Crippen LogP contribution < -0.4 is 15.2 Å². The van der Waals surface area contributed by atoms with E-state index < -0.39 is 41.4 Å². The molecule has 0 aliphatic heterocycles. The maximum absolute atomic E-state index is 13.1. The third kappa shape index (κ3) is 6.78. The Labute approximate surface area is 165 Å². The minimum Gasteiger partial charge on any atom is -0.386 e. The van der Waals surface area contributed by atoms with Crippen molar-refractivity contribution in [3.05, 3.63) is 53.9 Å². The predicted octanol–water partition coefficient (Wildman–Crippen LogP) is 0.795. The van der Waals surface area contributed by atoms with E-state index in [2.05, 4.69) is 9.71 Å². The molecule has 2 atom stereocenters. The van der Waals surface area contributed by atoms with E-state index in [0.29, 0.717) is 16.8 Å². The first-order valence-corrected chi connectivity index (χ1v) is 9.80. The summed E-state index contributed by atoms with van der Waals surface area (Å²) in [6.45, 7) is -1.29. The van der Waals surface area contributed by atoms with Crippen molar-refractivity contribution in [1.82, 2.24) is 15.0 Å². The number of hydrogen-bond acceptors (Lipinski definition) is 5. The summed E-state index contributed by atoms with van der Waals surface area (Å²) in [4.78, 5) is 15.1. The number of carbonyl (C=O) groups is 1. The molecule has 0 radical (unpaired) electrons. The topological polar surface area (TPSA) is 134 Å². The van der Waals surface area contributed by atoms with Crippen molar-refractivity contribution in [3.8, 4) is 11.1 Å². The minimum atomic E-state index is -3.83. The molecule has 2 rings (SSSR count). The van der Waals surface area contributed by atoms with Gasteiger partial charge in [0.1, 0.15) is 12.8 Å². The maximum atomic E-state index is 13.1. The fourth-order valence-electron chi connectivity index (χ4n) is 2.43. The monoisotopic (exact) mass is 432 g/mol. The summed E-state index contributed by atoms with van der Waals surface area (Å²) < 4.78 is 61.5. The summed E-state index contributed by atoms with van der Waals surface area (Å²) in [5, 5.41) is 16.8. The standard InChI is InChI=1S/C17H19F3N4O4S/c18-7-14(24-17(26)16(19)20)15(25)11-3-1-10(2-4-11)12-5-6-13(22-8-12)9-23-29(21,27)28/h1-6,8,14-16,23,25H,7,9H2,(H,24,26)(H2,21,27,28). The molecular formula is C17H19F3N4O4S. The molecule has 5 N–H and O–H groups in total. The molecule has 0 fully saturated rings. The number of rotatable bonds is 9. The Kier molecular flexibility index (Phi) is 7.67. The lowest BCUT2D eigenvalue weighted by Gasteiger charge is -2.22. The van der Waals surface area contributed by atoms with Crippen LogP contribution in [0.1, 0.15) is 17.4 Å². The van der Waals surface area contributed by atoms with Gasteiger partial charge in [-0.05, 0) is 17.2 Å². The Morgan fingerprint density at radius 2 is 1.76 bits per heavy atom. The SMILES string of the molecule is NS(=O)(=O)NCc1ccc(-c2ccc(C(O)C(CF)NC(=O)C(F)F)cc2)cn1. The molecule has 0 aliphatic rings. The van der Waals surface area contributed by atoms with Gasteiger partial charge in [-0.25, -0.2) is 9.53 Å². The summed E-state index contributed by atoms with van der Waals surface area (Å²) in [5.74, 6) is -1.66. The average molecular weight is 432 g/mol. The number of alkyl halides is 3. The number of pyridine rings is 1. The van der Waals surface area contributed by atoms with E-state index in [-0.39, 0.29) is 12.1 Å². The highest BCUT2D eigenvalue weighted by Gasteiger charge is 2.26. The zero-order chi connectivity index (χ0) is 21.6. The van der Waals surface area contributed by atoms with Crippen molar-refractivity contribution < 1.29 is 31.5 Å². The van der Waals surface area contributed by atoms with E-state index in [4.69, 9.17) is 5.14 Å². The van der Waals surface area contributed by atoms with Crippen molar-refractivity contribution in [1.29, 1.82) is 0 Å². The molecule has 1 aromatic heterocycles. The number of nitrogens with two attached hydrogens (primary N) is 1. The molecule has 2 aromatic rings. The van der Waals surface area contributed by atoms with Gasteiger partial charge in [0.25, 0.3) is 16.1 Å². The third-order valence-corrected chi connectivity index (χ3v) is 4.48. The maximum Gasteiger partial charge on any atom is 0.315 e. The van der Waals surface area contributed by atoms with Crippen molar-refractivity contribution in [2.24, 2.45) is 5.14 Å². The molecule has 0 spiro atoms. The van der Waals surface area contributed by atoms with Gasteiger partial charge in [-0.3, -0.25) is 9.78 Å². The lowest BCUT2D eigenvalue weighted by Crippen LogP contribution is -2.43. The smallest absolute Gasteiger partial charge is 0.315 e. The second-order valence-corrected chi connectivity index (χ2v) is 7.42. The lowest BCUT2D eigenvalue weighted by molar-refractivity contribution is -0.133. The predicted molar refractivity (Wildman–Crippen MR) is 98.5 cm³/mol. The summed E-state index contributed by atoms with van der Waals surface area (Å²) in [7, 11) is -3.83. The fraction of sp³-hybridized carbons (Fsp3) is 0.294. The van der Waals surface area contributed by atoms with Gasteiger partial charge in [0, 0.05) is 11.8 Å². The summed E-state index contributed by atoms with van der Waals surface area (Å²) in [6, 6.07) is 7.90. The molecule has 0 saturated carbocycles. The zero-order valence-corrected chi connectivity index (χ0v) is 15.7. The van der Waals surface area contributed by atoms with Gasteiger partial charge >= 0.3 is 6.43 Å². The van der Waals surface area contributed by atoms with Crippen LogP contribution in [0.3, 0.4) is 0 Å². The van der Waals surface area contributed by atoms with Crippen molar-refractivity contribution >= 4 is 16.1 Å². The molecule has 1 heterocycles. The van der Waals surface area contributed by atoms with E-state index in [1.807, 2.05) is 0 Å². The van der Waals surface area contributed by atoms with Crippen LogP contribution in [-0.4, -0.2) is 43.6 Å². The first-order chi connectivity index (χ1) is 13.6. The van der Waals surface area contributed by atoms with Gasteiger partial charge in [0.2, 0.25) is 0 Å². The summed E-state index contributed by atoms with van der Waals surface area (Å²) in [5.41, 5.74) is 2.04. The van der Waals surface area contributed by atoms with Gasteiger partial charge in [-0.2, -0.15) is 21.9 Å². The van der Waals surface area contributed by atoms with E-state index in [0.717, 1.165) is 0 Å². The van der Waals surface area contributed by atoms with Crippen molar-refractivity contribution in [2.45, 2.75) is 25.1 Å². The number of aliphatic hydroxyl groups is 1. The molecule has 1 aromatic carbocycles. The van der Waals surface area contributed by atoms with Crippen LogP contribution in [0.15, 0.2) is 42.6 Å². The Hall–Kier alpha value is -2.54. The quantitative estimate of drug-likeness (QED) is 0.465. The molecule has 0 saturated heterocycles. The molecule has 12 heteroatoms. The number of aliphatic hydroxyl groups excluding tert-OH is 1. The van der Waals surface area contributed by atoms with E-state index in [1.165, 1.54) is 18.3 Å². The Balaban J connectivity index is 2.08. The number of nitrogens with one attached hydrogen (secondary N) is 2. The van der Waals surface area contributed by atoms with Crippen LogP contribution in [0, 0.1) is 0 Å². The molecule has 1 amide bonds. The minimum absolute atomic E-state index is 0.0702. The molecule has 0 aliphatic carbocycles. The molecule has 8 nitrogen and oxygen atoms in total. The first-order valence-electron chi connectivity index (χ1n) is 8.26. The number of benzene rings is 1. The molecular weight excluding hydrogens is 413 g/mol. The first kappa shape index (κ1) is 22.7. The van der Waals surface area contributed by atoms with E-state index in [1.54, 1.807) is 29.6 Å². The molecule has 29 heavy (non-hydrogen) atoms. The molecule has 0 bridgehead atoms. The van der Waals surface area contributed by atoms with Crippen LogP contribution in [0.4, 0.5) is 13.2 Å². The second kappa shape index (κ2) is 9.78. The lowest BCUT2D eigenvalue weighted by atomic mass is 9.99. The second-order valence-electron chi connectivity index (χ2n) is 6.04. The number of aromatic nitrogens is 1. The van der Waals surface area contributed by atoms with E-state index >= 15 is 0 Å². The third-order valence-electron chi connectivity index (χ3n) is 3.94. The van der Waals surface area contributed by atoms with Gasteiger partial charge in [0.15, 0.2) is 0 Å². The number of halogens is 3. The fourth-order valence-corrected chi connectivity index (χ4v) is 2.78. The molecule has 158 valence electrons. The van der Waals surface area contributed by atoms with Gasteiger partial charge in [-0.1, -0.05) is 30.3 Å². The van der Waals surface area contributed by atoms with Crippen LogP contribution in [0.2, 0.25) is 0 Å². The van der Waals surface area contributed by atoms with Crippen LogP contribution >= 0.6 is 0 Å². The number of amides is 1. The van der Waals surface area contributed by atoms with Crippen molar-refractivity contribution in [2.75, 3.05) is 6.67 Å². The summed E-state index contributed by atoms with van der Waals surface area (Å²) in [6.07, 6.45) is -3.32. The van der Waals surface area contributed by atoms with Crippen LogP contribution in [-0.2, 0) is 21.5 Å². The number of hydrogen-bond donors (Lipinski definition) is 4. The largest absolute Gasteiger partial charge is 0.386 e. The molecule has 2 unspecified atom stereocenters. The summed E-state index contributed by atoms with van der Waals surface area (Å²) >= 11 is 0. The van der Waals surface area contributed by atoms with Crippen LogP contribution in [0.25, 0.3) is 11.1 Å². The van der Waals surface area contributed by atoms with Gasteiger partial charge < -0.3 is 10.4 Å². The Bertz CT molecular complexity index is 925. The number of carbonyl (C=O) groups excluding carboxylic acids is 1.